The maximum atomic E-state index is 13.9. The van der Waals surface area contributed by atoms with Crippen molar-refractivity contribution < 1.29 is 14.3 Å². The lowest BCUT2D eigenvalue weighted by molar-refractivity contribution is -0.123. The van der Waals surface area contributed by atoms with E-state index in [9.17, 15) is 14.3 Å². The lowest BCUT2D eigenvalue weighted by Crippen LogP contribution is -2.25. The third-order valence-corrected chi connectivity index (χ3v) is 5.52. The zero-order valence-corrected chi connectivity index (χ0v) is 18.6. The summed E-state index contributed by atoms with van der Waals surface area (Å²) in [6.07, 6.45) is 1.57. The van der Waals surface area contributed by atoms with Gasteiger partial charge in [0.2, 0.25) is 0 Å². The normalized spacial score (nSPS) is 14.1. The van der Waals surface area contributed by atoms with Crippen LogP contribution < -0.4 is 0 Å². The molecule has 3 rings (SSSR count). The fraction of sp³-hybridized carbons (Fsp3) is 0.417. The van der Waals surface area contributed by atoms with Crippen molar-refractivity contribution in [2.75, 3.05) is 0 Å². The van der Waals surface area contributed by atoms with E-state index in [1.165, 1.54) is 6.07 Å². The molecule has 0 spiro atoms. The number of aryl methyl sites for hydroxylation is 1. The van der Waals surface area contributed by atoms with Crippen molar-refractivity contribution in [2.24, 2.45) is 0 Å². The van der Waals surface area contributed by atoms with Crippen LogP contribution >= 0.6 is 11.6 Å². The van der Waals surface area contributed by atoms with Crippen LogP contribution in [0.3, 0.4) is 0 Å². The minimum absolute atomic E-state index is 0.00337. The van der Waals surface area contributed by atoms with Crippen LogP contribution in [0.4, 0.5) is 4.39 Å². The number of carbonyl (C=O) groups excluding carboxylic acids is 1. The van der Waals surface area contributed by atoms with Crippen molar-refractivity contribution in [3.63, 3.8) is 0 Å². The van der Waals surface area contributed by atoms with Crippen LogP contribution in [0.25, 0.3) is 11.0 Å². The SMILES string of the molecule is CC(O)(CC(=O)CCCc1nc2cc(F)c(Cl)cc2n1C(C)(C)C)c1ccccc1. The van der Waals surface area contributed by atoms with Gasteiger partial charge in [-0.05, 0) is 45.7 Å². The summed E-state index contributed by atoms with van der Waals surface area (Å²) in [6, 6.07) is 12.2. The van der Waals surface area contributed by atoms with Gasteiger partial charge in [0.05, 0.1) is 21.7 Å². The maximum Gasteiger partial charge on any atom is 0.144 e. The average molecular weight is 431 g/mol. The molecule has 1 N–H and O–H groups in total. The number of aromatic nitrogens is 2. The number of ketones is 1. The summed E-state index contributed by atoms with van der Waals surface area (Å²) in [6.45, 7) is 7.82. The smallest absolute Gasteiger partial charge is 0.144 e. The first-order valence-corrected chi connectivity index (χ1v) is 10.5. The van der Waals surface area contributed by atoms with Crippen molar-refractivity contribution in [3.05, 3.63) is 64.7 Å². The van der Waals surface area contributed by atoms with Gasteiger partial charge < -0.3 is 9.67 Å². The van der Waals surface area contributed by atoms with Crippen molar-refractivity contribution in [1.29, 1.82) is 0 Å². The van der Waals surface area contributed by atoms with Gasteiger partial charge in [-0.25, -0.2) is 9.37 Å². The Balaban J connectivity index is 1.72. The molecule has 30 heavy (non-hydrogen) atoms. The number of hydrogen-bond donors (Lipinski definition) is 1. The van der Waals surface area contributed by atoms with E-state index >= 15 is 0 Å². The van der Waals surface area contributed by atoms with Crippen LogP contribution in [-0.2, 0) is 22.4 Å². The van der Waals surface area contributed by atoms with Crippen LogP contribution in [0.15, 0.2) is 42.5 Å². The van der Waals surface area contributed by atoms with E-state index in [-0.39, 0.29) is 22.8 Å². The van der Waals surface area contributed by atoms with Gasteiger partial charge in [0, 0.05) is 30.9 Å². The van der Waals surface area contributed by atoms with Gasteiger partial charge in [-0.15, -0.1) is 0 Å². The summed E-state index contributed by atoms with van der Waals surface area (Å²) in [7, 11) is 0. The Labute approximate surface area is 181 Å². The number of Topliss-reactive ketones (excluding diaryl/α,β-unsaturated/α-hetero) is 1. The van der Waals surface area contributed by atoms with Gasteiger partial charge in [0.1, 0.15) is 17.4 Å². The standard InChI is InChI=1S/C24H28ClFN2O2/c1-23(2,3)28-21-13-18(25)19(26)14-20(21)27-22(28)12-8-11-17(29)15-24(4,30)16-9-6-5-7-10-16/h5-7,9-10,13-14,30H,8,11-12,15H2,1-4H3. The van der Waals surface area contributed by atoms with Gasteiger partial charge in [-0.1, -0.05) is 41.9 Å². The Bertz CT molecular complexity index is 1050. The van der Waals surface area contributed by atoms with Crippen molar-refractivity contribution >= 4 is 28.4 Å². The number of imidazole rings is 1. The molecule has 0 aliphatic carbocycles. The molecule has 0 bridgehead atoms. The molecule has 0 saturated heterocycles. The molecule has 0 radical (unpaired) electrons. The topological polar surface area (TPSA) is 55.1 Å². The van der Waals surface area contributed by atoms with E-state index in [0.717, 1.165) is 16.9 Å². The molecule has 0 aliphatic heterocycles. The zero-order chi connectivity index (χ0) is 22.1. The third-order valence-electron chi connectivity index (χ3n) is 5.23. The monoisotopic (exact) mass is 430 g/mol. The first kappa shape index (κ1) is 22.4. The number of aliphatic hydroxyl groups is 1. The molecule has 4 nitrogen and oxygen atoms in total. The molecular formula is C24H28ClFN2O2. The quantitative estimate of drug-likeness (QED) is 0.517. The van der Waals surface area contributed by atoms with E-state index in [0.29, 0.717) is 24.8 Å². The average Bonchev–Trinajstić information content (AvgIpc) is 2.99. The molecule has 0 saturated carbocycles. The minimum atomic E-state index is -1.19. The highest BCUT2D eigenvalue weighted by Gasteiger charge is 2.27. The highest BCUT2D eigenvalue weighted by molar-refractivity contribution is 6.31. The summed E-state index contributed by atoms with van der Waals surface area (Å²) in [5.74, 6) is 0.297. The molecule has 1 unspecified atom stereocenters. The summed E-state index contributed by atoms with van der Waals surface area (Å²) < 4.78 is 15.9. The van der Waals surface area contributed by atoms with Crippen LogP contribution in [0, 0.1) is 5.82 Å². The van der Waals surface area contributed by atoms with Crippen LogP contribution in [0.5, 0.6) is 0 Å². The highest BCUT2D eigenvalue weighted by atomic mass is 35.5. The second-order valence-corrected chi connectivity index (χ2v) is 9.41. The molecule has 2 aromatic carbocycles. The minimum Gasteiger partial charge on any atom is -0.385 e. The summed E-state index contributed by atoms with van der Waals surface area (Å²) in [4.78, 5) is 17.1. The number of fused-ring (bicyclic) bond motifs is 1. The van der Waals surface area contributed by atoms with Gasteiger partial charge in [0.25, 0.3) is 0 Å². The fourth-order valence-corrected chi connectivity index (χ4v) is 4.01. The Morgan fingerprint density at radius 1 is 1.17 bits per heavy atom. The molecule has 1 atom stereocenters. The predicted octanol–water partition coefficient (Wildman–Crippen LogP) is 5.77. The zero-order valence-electron chi connectivity index (χ0n) is 17.9. The molecule has 1 heterocycles. The predicted molar refractivity (Wildman–Crippen MR) is 118 cm³/mol. The molecular weight excluding hydrogens is 403 g/mol. The van der Waals surface area contributed by atoms with Crippen LogP contribution in [0.1, 0.15) is 58.3 Å². The first-order valence-electron chi connectivity index (χ1n) is 10.2. The Morgan fingerprint density at radius 3 is 2.47 bits per heavy atom. The number of hydrogen-bond acceptors (Lipinski definition) is 3. The molecule has 6 heteroatoms. The Hall–Kier alpha value is -2.24. The van der Waals surface area contributed by atoms with E-state index in [1.54, 1.807) is 13.0 Å². The number of benzene rings is 2. The lowest BCUT2D eigenvalue weighted by atomic mass is 9.89. The summed E-state index contributed by atoms with van der Waals surface area (Å²) in [5, 5.41) is 10.8. The Morgan fingerprint density at radius 2 is 1.83 bits per heavy atom. The molecule has 160 valence electrons. The van der Waals surface area contributed by atoms with Crippen LogP contribution in [-0.4, -0.2) is 20.4 Å². The molecule has 3 aromatic rings. The number of nitrogens with zero attached hydrogens (tertiary/aromatic N) is 2. The summed E-state index contributed by atoms with van der Waals surface area (Å²) in [5.41, 5.74) is 0.603. The maximum absolute atomic E-state index is 13.9. The lowest BCUT2D eigenvalue weighted by Gasteiger charge is -2.25. The molecule has 1 aromatic heterocycles. The fourth-order valence-electron chi connectivity index (χ4n) is 3.85. The van der Waals surface area contributed by atoms with E-state index in [2.05, 4.69) is 30.3 Å². The number of halogens is 2. The largest absolute Gasteiger partial charge is 0.385 e. The Kier molecular flexibility index (Phi) is 6.34. The van der Waals surface area contributed by atoms with Gasteiger partial charge in [0.15, 0.2) is 0 Å². The van der Waals surface area contributed by atoms with Gasteiger partial charge >= 0.3 is 0 Å². The third kappa shape index (κ3) is 4.90. The summed E-state index contributed by atoms with van der Waals surface area (Å²) >= 11 is 5.99. The number of carbonyl (C=O) groups is 1. The second-order valence-electron chi connectivity index (χ2n) is 9.00. The molecule has 0 aliphatic rings. The van der Waals surface area contributed by atoms with Crippen LogP contribution in [0.2, 0.25) is 5.02 Å². The molecule has 0 fully saturated rings. The number of rotatable bonds is 7. The van der Waals surface area contributed by atoms with Gasteiger partial charge in [-0.3, -0.25) is 4.79 Å². The molecule has 0 amide bonds. The highest BCUT2D eigenvalue weighted by Crippen LogP contribution is 2.30. The van der Waals surface area contributed by atoms with Crippen molar-refractivity contribution in [3.8, 4) is 0 Å². The second kappa shape index (κ2) is 8.48. The van der Waals surface area contributed by atoms with E-state index in [4.69, 9.17) is 11.6 Å². The van der Waals surface area contributed by atoms with Crippen molar-refractivity contribution in [2.45, 2.75) is 64.5 Å². The van der Waals surface area contributed by atoms with Crippen molar-refractivity contribution in [1.82, 2.24) is 9.55 Å². The van der Waals surface area contributed by atoms with Gasteiger partial charge in [-0.2, -0.15) is 0 Å². The van der Waals surface area contributed by atoms with E-state index < -0.39 is 11.4 Å². The first-order chi connectivity index (χ1) is 14.0. The van der Waals surface area contributed by atoms with E-state index in [1.807, 2.05) is 30.3 Å².